The molecular formula is C14H25N3S. The average Bonchev–Trinajstić information content (AvgIpc) is 2.75. The minimum Gasteiger partial charge on any atom is -0.360 e. The molecule has 0 unspecified atom stereocenters. The standard InChI is InChI=1S/C14H25N3S/c1-10(2)8-13-16-17-14(18-13)15-9-12-6-4-11(3)5-7-12/h10-12H,4-9H2,1-3H3,(H,15,17). The van der Waals surface area contributed by atoms with Crippen molar-refractivity contribution in [1.29, 1.82) is 0 Å². The predicted octanol–water partition coefficient (Wildman–Crippen LogP) is 3.97. The summed E-state index contributed by atoms with van der Waals surface area (Å²) in [4.78, 5) is 0. The Kier molecular flexibility index (Phi) is 4.98. The summed E-state index contributed by atoms with van der Waals surface area (Å²) in [5.41, 5.74) is 0. The van der Waals surface area contributed by atoms with Crippen LogP contribution in [0.2, 0.25) is 0 Å². The van der Waals surface area contributed by atoms with Crippen LogP contribution in [0.15, 0.2) is 0 Å². The predicted molar refractivity (Wildman–Crippen MR) is 78.1 cm³/mol. The van der Waals surface area contributed by atoms with Gasteiger partial charge in [0.05, 0.1) is 0 Å². The van der Waals surface area contributed by atoms with Crippen LogP contribution in [0.1, 0.15) is 51.5 Å². The molecule has 0 aliphatic heterocycles. The molecule has 1 aliphatic rings. The molecule has 3 nitrogen and oxygen atoms in total. The Hall–Kier alpha value is -0.640. The van der Waals surface area contributed by atoms with Gasteiger partial charge in [-0.15, -0.1) is 10.2 Å². The molecule has 2 rings (SSSR count). The normalized spacial score (nSPS) is 24.4. The van der Waals surface area contributed by atoms with E-state index in [2.05, 4.69) is 36.3 Å². The zero-order valence-electron chi connectivity index (χ0n) is 11.8. The molecule has 0 aromatic carbocycles. The van der Waals surface area contributed by atoms with Crippen LogP contribution in [0.5, 0.6) is 0 Å². The zero-order valence-corrected chi connectivity index (χ0v) is 12.6. The molecule has 0 bridgehead atoms. The highest BCUT2D eigenvalue weighted by Gasteiger charge is 2.18. The Morgan fingerprint density at radius 3 is 2.61 bits per heavy atom. The Labute approximate surface area is 114 Å². The molecule has 1 aromatic heterocycles. The summed E-state index contributed by atoms with van der Waals surface area (Å²) in [6.07, 6.45) is 6.56. The Morgan fingerprint density at radius 2 is 1.94 bits per heavy atom. The van der Waals surface area contributed by atoms with Gasteiger partial charge in [-0.25, -0.2) is 0 Å². The van der Waals surface area contributed by atoms with Gasteiger partial charge in [-0.3, -0.25) is 0 Å². The lowest BCUT2D eigenvalue weighted by Gasteiger charge is -2.25. The van der Waals surface area contributed by atoms with Crippen LogP contribution in [0.3, 0.4) is 0 Å². The van der Waals surface area contributed by atoms with Crippen molar-refractivity contribution >= 4 is 16.5 Å². The largest absolute Gasteiger partial charge is 0.360 e. The van der Waals surface area contributed by atoms with E-state index < -0.39 is 0 Å². The fourth-order valence-electron chi connectivity index (χ4n) is 2.52. The first kappa shape index (κ1) is 13.8. The second kappa shape index (κ2) is 6.50. The van der Waals surface area contributed by atoms with Crippen molar-refractivity contribution in [3.05, 3.63) is 5.01 Å². The second-order valence-electron chi connectivity index (χ2n) is 6.11. The number of hydrogen-bond acceptors (Lipinski definition) is 4. The number of hydrogen-bond donors (Lipinski definition) is 1. The third kappa shape index (κ3) is 4.23. The summed E-state index contributed by atoms with van der Waals surface area (Å²) in [7, 11) is 0. The third-order valence-electron chi connectivity index (χ3n) is 3.73. The summed E-state index contributed by atoms with van der Waals surface area (Å²) >= 11 is 1.72. The molecule has 1 heterocycles. The van der Waals surface area contributed by atoms with Gasteiger partial charge in [-0.05, 0) is 30.6 Å². The van der Waals surface area contributed by atoms with Gasteiger partial charge in [0.2, 0.25) is 5.13 Å². The van der Waals surface area contributed by atoms with Crippen molar-refractivity contribution in [2.45, 2.75) is 52.9 Å². The molecule has 0 spiro atoms. The highest BCUT2D eigenvalue weighted by molar-refractivity contribution is 7.15. The molecule has 4 heteroatoms. The molecule has 1 fully saturated rings. The Balaban J connectivity index is 1.74. The zero-order chi connectivity index (χ0) is 13.0. The SMILES string of the molecule is CC(C)Cc1nnc(NCC2CCC(C)CC2)s1. The Morgan fingerprint density at radius 1 is 1.22 bits per heavy atom. The summed E-state index contributed by atoms with van der Waals surface area (Å²) in [6, 6.07) is 0. The summed E-state index contributed by atoms with van der Waals surface area (Å²) in [6.45, 7) is 7.88. The third-order valence-corrected chi connectivity index (χ3v) is 4.63. The van der Waals surface area contributed by atoms with E-state index >= 15 is 0 Å². The molecule has 102 valence electrons. The van der Waals surface area contributed by atoms with Crippen LogP contribution in [0.25, 0.3) is 0 Å². The van der Waals surface area contributed by atoms with Crippen molar-refractivity contribution in [2.75, 3.05) is 11.9 Å². The molecule has 1 aromatic rings. The molecule has 0 saturated heterocycles. The van der Waals surface area contributed by atoms with Crippen molar-refractivity contribution in [2.24, 2.45) is 17.8 Å². The van der Waals surface area contributed by atoms with Gasteiger partial charge < -0.3 is 5.32 Å². The van der Waals surface area contributed by atoms with E-state index in [-0.39, 0.29) is 0 Å². The lowest BCUT2D eigenvalue weighted by molar-refractivity contribution is 0.300. The lowest BCUT2D eigenvalue weighted by Crippen LogP contribution is -2.20. The van der Waals surface area contributed by atoms with E-state index in [9.17, 15) is 0 Å². The molecule has 0 amide bonds. The van der Waals surface area contributed by atoms with Crippen molar-refractivity contribution in [1.82, 2.24) is 10.2 Å². The molecule has 18 heavy (non-hydrogen) atoms. The number of rotatable bonds is 5. The van der Waals surface area contributed by atoms with Crippen LogP contribution in [0.4, 0.5) is 5.13 Å². The van der Waals surface area contributed by atoms with Crippen LogP contribution in [0, 0.1) is 17.8 Å². The summed E-state index contributed by atoms with van der Waals surface area (Å²) < 4.78 is 0. The molecule has 1 aliphatic carbocycles. The van der Waals surface area contributed by atoms with E-state index in [0.717, 1.165) is 34.9 Å². The number of anilines is 1. The fraction of sp³-hybridized carbons (Fsp3) is 0.857. The number of nitrogens with one attached hydrogen (secondary N) is 1. The highest BCUT2D eigenvalue weighted by atomic mass is 32.1. The first-order valence-corrected chi connectivity index (χ1v) is 8.01. The van der Waals surface area contributed by atoms with Gasteiger partial charge in [0, 0.05) is 13.0 Å². The highest BCUT2D eigenvalue weighted by Crippen LogP contribution is 2.28. The molecule has 1 N–H and O–H groups in total. The first-order chi connectivity index (χ1) is 8.63. The Bertz CT molecular complexity index is 354. The van der Waals surface area contributed by atoms with Crippen molar-refractivity contribution in [3.8, 4) is 0 Å². The van der Waals surface area contributed by atoms with E-state index in [1.165, 1.54) is 25.7 Å². The van der Waals surface area contributed by atoms with Crippen LogP contribution >= 0.6 is 11.3 Å². The number of nitrogens with zero attached hydrogens (tertiary/aromatic N) is 2. The van der Waals surface area contributed by atoms with E-state index in [4.69, 9.17) is 0 Å². The second-order valence-corrected chi connectivity index (χ2v) is 7.17. The molecule has 1 saturated carbocycles. The number of aromatic nitrogens is 2. The smallest absolute Gasteiger partial charge is 0.205 e. The van der Waals surface area contributed by atoms with Crippen molar-refractivity contribution in [3.63, 3.8) is 0 Å². The summed E-state index contributed by atoms with van der Waals surface area (Å²) in [5.74, 6) is 2.42. The lowest BCUT2D eigenvalue weighted by atomic mass is 9.83. The monoisotopic (exact) mass is 267 g/mol. The minimum atomic E-state index is 0.658. The van der Waals surface area contributed by atoms with Gasteiger partial charge in [0.15, 0.2) is 0 Å². The van der Waals surface area contributed by atoms with E-state index in [1.807, 2.05) is 0 Å². The van der Waals surface area contributed by atoms with Gasteiger partial charge >= 0.3 is 0 Å². The quantitative estimate of drug-likeness (QED) is 0.877. The maximum absolute atomic E-state index is 4.24. The topological polar surface area (TPSA) is 37.8 Å². The molecule has 0 radical (unpaired) electrons. The van der Waals surface area contributed by atoms with Gasteiger partial charge in [-0.1, -0.05) is 44.9 Å². The average molecular weight is 267 g/mol. The van der Waals surface area contributed by atoms with Crippen molar-refractivity contribution < 1.29 is 0 Å². The molecule has 0 atom stereocenters. The van der Waals surface area contributed by atoms with Crippen LogP contribution in [-0.4, -0.2) is 16.7 Å². The summed E-state index contributed by atoms with van der Waals surface area (Å²) in [5, 5.41) is 14.1. The first-order valence-electron chi connectivity index (χ1n) is 7.19. The van der Waals surface area contributed by atoms with E-state index in [0.29, 0.717) is 5.92 Å². The maximum atomic E-state index is 4.24. The van der Waals surface area contributed by atoms with Gasteiger partial charge in [0.25, 0.3) is 0 Å². The van der Waals surface area contributed by atoms with Crippen LogP contribution in [-0.2, 0) is 6.42 Å². The fourth-order valence-corrected chi connectivity index (χ4v) is 3.48. The van der Waals surface area contributed by atoms with Gasteiger partial charge in [0.1, 0.15) is 5.01 Å². The minimum absolute atomic E-state index is 0.658. The van der Waals surface area contributed by atoms with Crippen LogP contribution < -0.4 is 5.32 Å². The maximum Gasteiger partial charge on any atom is 0.205 e. The molecular weight excluding hydrogens is 242 g/mol. The van der Waals surface area contributed by atoms with E-state index in [1.54, 1.807) is 11.3 Å². The van der Waals surface area contributed by atoms with Gasteiger partial charge in [-0.2, -0.15) is 0 Å².